The van der Waals surface area contributed by atoms with Gasteiger partial charge in [0, 0.05) is 31.5 Å². The third kappa shape index (κ3) is 5.60. The summed E-state index contributed by atoms with van der Waals surface area (Å²) >= 11 is 0. The molecule has 1 heterocycles. The molecule has 1 aromatic heterocycles. The summed E-state index contributed by atoms with van der Waals surface area (Å²) < 4.78 is 39.5. The Kier molecular flexibility index (Phi) is 7.45. The summed E-state index contributed by atoms with van der Waals surface area (Å²) in [5, 5.41) is 0. The lowest BCUT2D eigenvalue weighted by molar-refractivity contribution is 0.112. The first-order chi connectivity index (χ1) is 13.0. The summed E-state index contributed by atoms with van der Waals surface area (Å²) in [5.41, 5.74) is -0.0262. The van der Waals surface area contributed by atoms with Crippen LogP contribution in [0, 0.1) is 5.82 Å². The Morgan fingerprint density at radius 2 is 1.93 bits per heavy atom. The van der Waals surface area contributed by atoms with Crippen LogP contribution in [0.5, 0.6) is 0 Å². The Bertz CT molecular complexity index is 794. The van der Waals surface area contributed by atoms with Crippen molar-refractivity contribution in [2.75, 3.05) is 13.6 Å². The Labute approximate surface area is 156 Å². The number of alkyl halides is 2. The number of aromatic nitrogens is 2. The molecule has 27 heavy (non-hydrogen) atoms. The van der Waals surface area contributed by atoms with Crippen molar-refractivity contribution in [3.05, 3.63) is 41.5 Å². The molecule has 0 spiro atoms. The molecule has 0 aliphatic carbocycles. The highest BCUT2D eigenvalue weighted by Gasteiger charge is 2.15. The van der Waals surface area contributed by atoms with Gasteiger partial charge in [-0.1, -0.05) is 19.8 Å². The summed E-state index contributed by atoms with van der Waals surface area (Å²) in [4.78, 5) is 24.9. The molecule has 0 aliphatic rings. The Balaban J connectivity index is 2.30. The molecule has 0 radical (unpaired) electrons. The second-order valence-corrected chi connectivity index (χ2v) is 6.08. The van der Waals surface area contributed by atoms with Crippen molar-refractivity contribution in [3.63, 3.8) is 0 Å². The van der Waals surface area contributed by atoms with Gasteiger partial charge in [0.05, 0.1) is 23.2 Å². The van der Waals surface area contributed by atoms with Crippen LogP contribution in [0.3, 0.4) is 0 Å². The molecule has 0 atom stereocenters. The molecule has 0 bridgehead atoms. The van der Waals surface area contributed by atoms with Gasteiger partial charge in [-0.2, -0.15) is 0 Å². The number of carbonyl (C=O) groups is 1. The van der Waals surface area contributed by atoms with Crippen LogP contribution in [0.1, 0.15) is 48.5 Å². The van der Waals surface area contributed by atoms with E-state index >= 15 is 0 Å². The molecule has 0 aliphatic heterocycles. The topological polar surface area (TPSA) is 58.5 Å². The van der Waals surface area contributed by atoms with Crippen LogP contribution in [0.25, 0.3) is 11.4 Å². The standard InChI is InChI=1S/C19H21F3N4O/c1-3-4-5-6-26(2)12-25-17-8-15(16(20)7-13(17)11-27)19-23-9-14(10-24-19)18(21)22/h7-12,18H,3-6H2,1-2H3. The van der Waals surface area contributed by atoms with Gasteiger partial charge in [-0.3, -0.25) is 4.79 Å². The van der Waals surface area contributed by atoms with Gasteiger partial charge in [0.25, 0.3) is 6.43 Å². The SMILES string of the molecule is CCCCCN(C)C=Nc1cc(-c2ncc(C(F)F)cn2)c(F)cc1C=O. The molecule has 2 aromatic rings. The van der Waals surface area contributed by atoms with Crippen molar-refractivity contribution in [1.82, 2.24) is 14.9 Å². The van der Waals surface area contributed by atoms with Gasteiger partial charge in [0.2, 0.25) is 0 Å². The molecule has 0 N–H and O–H groups in total. The highest BCUT2D eigenvalue weighted by Crippen LogP contribution is 2.28. The van der Waals surface area contributed by atoms with E-state index in [4.69, 9.17) is 0 Å². The molecule has 8 heteroatoms. The van der Waals surface area contributed by atoms with Crippen molar-refractivity contribution in [3.8, 4) is 11.4 Å². The Hall–Kier alpha value is -2.77. The normalized spacial score (nSPS) is 11.3. The largest absolute Gasteiger partial charge is 0.366 e. The van der Waals surface area contributed by atoms with Gasteiger partial charge in [0.15, 0.2) is 12.1 Å². The monoisotopic (exact) mass is 378 g/mol. The number of hydrogen-bond donors (Lipinski definition) is 0. The molecule has 2 rings (SSSR count). The van der Waals surface area contributed by atoms with Crippen molar-refractivity contribution in [1.29, 1.82) is 0 Å². The number of benzene rings is 1. The van der Waals surface area contributed by atoms with Crippen LogP contribution in [-0.4, -0.2) is 41.1 Å². The minimum Gasteiger partial charge on any atom is -0.366 e. The second kappa shape index (κ2) is 9.80. The van der Waals surface area contributed by atoms with Gasteiger partial charge >= 0.3 is 0 Å². The van der Waals surface area contributed by atoms with E-state index < -0.39 is 12.2 Å². The van der Waals surface area contributed by atoms with Crippen molar-refractivity contribution in [2.45, 2.75) is 32.6 Å². The van der Waals surface area contributed by atoms with E-state index in [2.05, 4.69) is 21.9 Å². The summed E-state index contributed by atoms with van der Waals surface area (Å²) in [5.74, 6) is -0.778. The minimum atomic E-state index is -2.70. The van der Waals surface area contributed by atoms with Crippen LogP contribution >= 0.6 is 0 Å². The fourth-order valence-electron chi connectivity index (χ4n) is 2.37. The molecular weight excluding hydrogens is 357 g/mol. The fourth-order valence-corrected chi connectivity index (χ4v) is 2.37. The summed E-state index contributed by atoms with van der Waals surface area (Å²) in [6.07, 6.45) is 4.49. The first kappa shape index (κ1) is 20.5. The lowest BCUT2D eigenvalue weighted by atomic mass is 10.1. The second-order valence-electron chi connectivity index (χ2n) is 6.08. The van der Waals surface area contributed by atoms with Crippen LogP contribution in [0.15, 0.2) is 29.5 Å². The van der Waals surface area contributed by atoms with Crippen LogP contribution in [0.4, 0.5) is 18.9 Å². The number of halogens is 3. The molecule has 0 amide bonds. The van der Waals surface area contributed by atoms with E-state index in [1.807, 2.05) is 11.9 Å². The molecule has 0 saturated carbocycles. The number of hydrogen-bond acceptors (Lipinski definition) is 4. The smallest absolute Gasteiger partial charge is 0.266 e. The summed E-state index contributed by atoms with van der Waals surface area (Å²) in [6.45, 7) is 2.92. The van der Waals surface area contributed by atoms with Gasteiger partial charge in [0.1, 0.15) is 5.82 Å². The summed E-state index contributed by atoms with van der Waals surface area (Å²) in [7, 11) is 1.86. The molecule has 5 nitrogen and oxygen atoms in total. The zero-order valence-electron chi connectivity index (χ0n) is 15.2. The molecule has 0 fully saturated rings. The molecule has 144 valence electrons. The van der Waals surface area contributed by atoms with E-state index in [-0.39, 0.29) is 28.2 Å². The minimum absolute atomic E-state index is 0.0118. The van der Waals surface area contributed by atoms with Gasteiger partial charge in [-0.05, 0) is 18.6 Å². The van der Waals surface area contributed by atoms with E-state index in [0.717, 1.165) is 44.3 Å². The predicted octanol–water partition coefficient (Wildman–Crippen LogP) is 4.81. The maximum Gasteiger partial charge on any atom is 0.266 e. The van der Waals surface area contributed by atoms with E-state index in [1.54, 1.807) is 6.34 Å². The zero-order chi connectivity index (χ0) is 19.8. The van der Waals surface area contributed by atoms with Crippen molar-refractivity contribution in [2.24, 2.45) is 4.99 Å². The fraction of sp³-hybridized carbons (Fsp3) is 0.368. The zero-order valence-corrected chi connectivity index (χ0v) is 15.2. The van der Waals surface area contributed by atoms with Gasteiger partial charge < -0.3 is 4.90 Å². The number of aliphatic imine (C=N–C) groups is 1. The molecule has 0 saturated heterocycles. The van der Waals surface area contributed by atoms with Crippen LogP contribution in [-0.2, 0) is 0 Å². The maximum atomic E-state index is 14.3. The average molecular weight is 378 g/mol. The quantitative estimate of drug-likeness (QED) is 0.272. The predicted molar refractivity (Wildman–Crippen MR) is 98.1 cm³/mol. The number of carbonyl (C=O) groups excluding carboxylic acids is 1. The number of rotatable bonds is 9. The Morgan fingerprint density at radius 1 is 1.22 bits per heavy atom. The van der Waals surface area contributed by atoms with E-state index in [9.17, 15) is 18.0 Å². The first-order valence-corrected chi connectivity index (χ1v) is 8.59. The van der Waals surface area contributed by atoms with Crippen LogP contribution in [0.2, 0.25) is 0 Å². The number of nitrogens with zero attached hydrogens (tertiary/aromatic N) is 4. The number of aldehydes is 1. The van der Waals surface area contributed by atoms with Gasteiger partial charge in [-0.15, -0.1) is 0 Å². The van der Waals surface area contributed by atoms with Crippen LogP contribution < -0.4 is 0 Å². The highest BCUT2D eigenvalue weighted by molar-refractivity contribution is 5.86. The highest BCUT2D eigenvalue weighted by atomic mass is 19.3. The lowest BCUT2D eigenvalue weighted by Gasteiger charge is -2.13. The average Bonchev–Trinajstić information content (AvgIpc) is 2.67. The maximum absolute atomic E-state index is 14.3. The van der Waals surface area contributed by atoms with E-state index in [1.165, 1.54) is 6.07 Å². The molecule has 0 unspecified atom stereocenters. The first-order valence-electron chi connectivity index (χ1n) is 8.59. The summed E-state index contributed by atoms with van der Waals surface area (Å²) in [6, 6.07) is 2.38. The number of unbranched alkanes of at least 4 members (excludes halogenated alkanes) is 2. The van der Waals surface area contributed by atoms with Gasteiger partial charge in [-0.25, -0.2) is 28.1 Å². The lowest BCUT2D eigenvalue weighted by Crippen LogP contribution is -2.17. The van der Waals surface area contributed by atoms with Crippen molar-refractivity contribution < 1.29 is 18.0 Å². The Morgan fingerprint density at radius 3 is 2.52 bits per heavy atom. The molecule has 1 aromatic carbocycles. The molecular formula is C19H21F3N4O. The van der Waals surface area contributed by atoms with E-state index in [0.29, 0.717) is 6.29 Å². The third-order valence-corrected chi connectivity index (χ3v) is 3.92. The van der Waals surface area contributed by atoms with Crippen molar-refractivity contribution >= 4 is 18.3 Å². The third-order valence-electron chi connectivity index (χ3n) is 3.92.